The monoisotopic (exact) mass is 311 g/mol. The molecular weight excluding hydrogens is 294 g/mol. The summed E-state index contributed by atoms with van der Waals surface area (Å²) in [5.74, 6) is -0.197. The molecular formula is C17H17N3OS. The maximum absolute atomic E-state index is 12.3. The Morgan fingerprint density at radius 2 is 1.91 bits per heavy atom. The summed E-state index contributed by atoms with van der Waals surface area (Å²) in [7, 11) is 1.86. The number of carbonyl (C=O) groups excluding carboxylic acids is 1. The lowest BCUT2D eigenvalue weighted by atomic mass is 10.1. The van der Waals surface area contributed by atoms with Crippen LogP contribution in [0.25, 0.3) is 11.3 Å². The van der Waals surface area contributed by atoms with Gasteiger partial charge in [0.15, 0.2) is 5.69 Å². The van der Waals surface area contributed by atoms with E-state index in [1.54, 1.807) is 16.0 Å². The molecule has 0 saturated heterocycles. The van der Waals surface area contributed by atoms with E-state index in [9.17, 15) is 4.79 Å². The summed E-state index contributed by atoms with van der Waals surface area (Å²) < 4.78 is 1.76. The van der Waals surface area contributed by atoms with Gasteiger partial charge in [-0.25, -0.2) is 0 Å². The van der Waals surface area contributed by atoms with Crippen molar-refractivity contribution in [3.8, 4) is 11.3 Å². The molecule has 0 atom stereocenters. The van der Waals surface area contributed by atoms with Gasteiger partial charge in [0.1, 0.15) is 0 Å². The third-order valence-electron chi connectivity index (χ3n) is 3.46. The third kappa shape index (κ3) is 2.80. The summed E-state index contributed by atoms with van der Waals surface area (Å²) in [5.41, 5.74) is 3.28. The van der Waals surface area contributed by atoms with E-state index in [0.29, 0.717) is 5.69 Å². The van der Waals surface area contributed by atoms with Crippen LogP contribution in [0.15, 0.2) is 42.5 Å². The number of aryl methyl sites for hydroxylation is 3. The molecule has 3 aromatic rings. The lowest BCUT2D eigenvalue weighted by molar-refractivity contribution is 0.102. The minimum absolute atomic E-state index is 0.197. The van der Waals surface area contributed by atoms with Gasteiger partial charge in [0.25, 0.3) is 5.91 Å². The van der Waals surface area contributed by atoms with Crippen LogP contribution < -0.4 is 5.32 Å². The zero-order chi connectivity index (χ0) is 15.7. The molecule has 3 rings (SSSR count). The van der Waals surface area contributed by atoms with E-state index in [-0.39, 0.29) is 5.91 Å². The molecule has 22 heavy (non-hydrogen) atoms. The number of hydrogen-bond donors (Lipinski definition) is 1. The molecule has 0 radical (unpaired) electrons. The summed E-state index contributed by atoms with van der Waals surface area (Å²) in [6.45, 7) is 4.17. The number of amides is 1. The molecule has 0 spiro atoms. The largest absolute Gasteiger partial charge is 0.321 e. The Morgan fingerprint density at radius 3 is 2.55 bits per heavy atom. The van der Waals surface area contributed by atoms with Crippen molar-refractivity contribution >= 4 is 22.9 Å². The van der Waals surface area contributed by atoms with E-state index in [4.69, 9.17) is 0 Å². The number of anilines is 1. The SMILES string of the molecule is Cc1cc(-c2cc(C(=O)Nc3ccccc3)nn2C)c(C)s1. The summed E-state index contributed by atoms with van der Waals surface area (Å²) in [5, 5.41) is 7.20. The third-order valence-corrected chi connectivity index (χ3v) is 4.43. The van der Waals surface area contributed by atoms with Crippen LogP contribution in [-0.4, -0.2) is 15.7 Å². The van der Waals surface area contributed by atoms with E-state index < -0.39 is 0 Å². The highest BCUT2D eigenvalue weighted by molar-refractivity contribution is 7.12. The van der Waals surface area contributed by atoms with Crippen LogP contribution in [0, 0.1) is 13.8 Å². The Kier molecular flexibility index (Phi) is 3.81. The van der Waals surface area contributed by atoms with Crippen LogP contribution in [0.3, 0.4) is 0 Å². The van der Waals surface area contributed by atoms with Crippen LogP contribution in [-0.2, 0) is 7.05 Å². The van der Waals surface area contributed by atoms with Crippen molar-refractivity contribution in [3.05, 3.63) is 57.9 Å². The number of para-hydroxylation sites is 1. The summed E-state index contributed by atoms with van der Waals surface area (Å²) >= 11 is 1.75. The number of aromatic nitrogens is 2. The standard InChI is InChI=1S/C17H17N3OS/c1-11-9-14(12(2)22-11)16-10-15(19-20(16)3)17(21)18-13-7-5-4-6-8-13/h4-10H,1-3H3,(H,18,21). The fraction of sp³-hybridized carbons (Fsp3) is 0.176. The molecule has 2 heterocycles. The van der Waals surface area contributed by atoms with E-state index in [0.717, 1.165) is 16.9 Å². The van der Waals surface area contributed by atoms with Crippen molar-refractivity contribution in [2.75, 3.05) is 5.32 Å². The number of benzene rings is 1. The highest BCUT2D eigenvalue weighted by atomic mass is 32.1. The lowest BCUT2D eigenvalue weighted by Crippen LogP contribution is -2.12. The molecule has 1 N–H and O–H groups in total. The number of thiophene rings is 1. The summed E-state index contributed by atoms with van der Waals surface area (Å²) in [6, 6.07) is 13.4. The van der Waals surface area contributed by atoms with Crippen molar-refractivity contribution in [2.24, 2.45) is 7.05 Å². The molecule has 1 aromatic carbocycles. The van der Waals surface area contributed by atoms with Crippen LogP contribution in [0.4, 0.5) is 5.69 Å². The average molecular weight is 311 g/mol. The van der Waals surface area contributed by atoms with Crippen LogP contribution in [0.2, 0.25) is 0 Å². The maximum atomic E-state index is 12.3. The fourth-order valence-electron chi connectivity index (χ4n) is 2.43. The maximum Gasteiger partial charge on any atom is 0.276 e. The molecule has 0 unspecified atom stereocenters. The molecule has 0 aliphatic carbocycles. The topological polar surface area (TPSA) is 46.9 Å². The summed E-state index contributed by atoms with van der Waals surface area (Å²) in [6.07, 6.45) is 0. The minimum Gasteiger partial charge on any atom is -0.321 e. The Balaban J connectivity index is 1.89. The first kappa shape index (κ1) is 14.5. The van der Waals surface area contributed by atoms with Gasteiger partial charge in [0.05, 0.1) is 5.69 Å². The first-order chi connectivity index (χ1) is 10.5. The van der Waals surface area contributed by atoms with Crippen molar-refractivity contribution in [1.29, 1.82) is 0 Å². The van der Waals surface area contributed by atoms with Gasteiger partial charge in [-0.3, -0.25) is 9.48 Å². The van der Waals surface area contributed by atoms with Gasteiger partial charge in [-0.1, -0.05) is 18.2 Å². The predicted octanol–water partition coefficient (Wildman–Crippen LogP) is 4.02. The Morgan fingerprint density at radius 1 is 1.18 bits per heavy atom. The van der Waals surface area contributed by atoms with Crippen molar-refractivity contribution in [3.63, 3.8) is 0 Å². The van der Waals surface area contributed by atoms with E-state index in [1.807, 2.05) is 43.4 Å². The number of rotatable bonds is 3. The second kappa shape index (κ2) is 5.77. The van der Waals surface area contributed by atoms with Gasteiger partial charge in [-0.05, 0) is 38.1 Å². The molecule has 0 saturated carbocycles. The minimum atomic E-state index is -0.197. The number of hydrogen-bond acceptors (Lipinski definition) is 3. The highest BCUT2D eigenvalue weighted by Crippen LogP contribution is 2.30. The number of carbonyl (C=O) groups is 1. The van der Waals surface area contributed by atoms with Gasteiger partial charge in [0, 0.05) is 28.1 Å². The zero-order valence-corrected chi connectivity index (χ0v) is 13.6. The molecule has 0 bridgehead atoms. The van der Waals surface area contributed by atoms with E-state index in [1.165, 1.54) is 9.75 Å². The smallest absolute Gasteiger partial charge is 0.276 e. The van der Waals surface area contributed by atoms with Gasteiger partial charge in [-0.2, -0.15) is 5.10 Å². The molecule has 2 aromatic heterocycles. The van der Waals surface area contributed by atoms with E-state index >= 15 is 0 Å². The van der Waals surface area contributed by atoms with Gasteiger partial charge >= 0.3 is 0 Å². The zero-order valence-electron chi connectivity index (χ0n) is 12.8. The molecule has 0 aliphatic heterocycles. The van der Waals surface area contributed by atoms with Gasteiger partial charge < -0.3 is 5.32 Å². The van der Waals surface area contributed by atoms with Crippen molar-refractivity contribution in [1.82, 2.24) is 9.78 Å². The molecule has 1 amide bonds. The lowest BCUT2D eigenvalue weighted by Gasteiger charge is -2.01. The van der Waals surface area contributed by atoms with Gasteiger partial charge in [0.2, 0.25) is 0 Å². The highest BCUT2D eigenvalue weighted by Gasteiger charge is 2.16. The second-order valence-electron chi connectivity index (χ2n) is 5.19. The Labute approximate surface area is 133 Å². The number of nitrogens with one attached hydrogen (secondary N) is 1. The Bertz CT molecular complexity index is 818. The molecule has 5 heteroatoms. The average Bonchev–Trinajstić information content (AvgIpc) is 3.02. The molecule has 112 valence electrons. The quantitative estimate of drug-likeness (QED) is 0.794. The van der Waals surface area contributed by atoms with Crippen molar-refractivity contribution in [2.45, 2.75) is 13.8 Å². The normalized spacial score (nSPS) is 10.7. The van der Waals surface area contributed by atoms with E-state index in [2.05, 4.69) is 30.3 Å². The molecule has 0 aliphatic rings. The Hall–Kier alpha value is -2.40. The van der Waals surface area contributed by atoms with Crippen LogP contribution >= 0.6 is 11.3 Å². The molecule has 4 nitrogen and oxygen atoms in total. The first-order valence-electron chi connectivity index (χ1n) is 7.02. The first-order valence-corrected chi connectivity index (χ1v) is 7.84. The van der Waals surface area contributed by atoms with Crippen molar-refractivity contribution < 1.29 is 4.79 Å². The van der Waals surface area contributed by atoms with Crippen LogP contribution in [0.5, 0.6) is 0 Å². The fourth-order valence-corrected chi connectivity index (χ4v) is 3.37. The predicted molar refractivity (Wildman–Crippen MR) is 90.4 cm³/mol. The second-order valence-corrected chi connectivity index (χ2v) is 6.65. The van der Waals surface area contributed by atoms with Crippen LogP contribution in [0.1, 0.15) is 20.2 Å². The summed E-state index contributed by atoms with van der Waals surface area (Å²) in [4.78, 5) is 14.8. The van der Waals surface area contributed by atoms with Gasteiger partial charge in [-0.15, -0.1) is 11.3 Å². The molecule has 0 fully saturated rings. The number of nitrogens with zero attached hydrogens (tertiary/aromatic N) is 2.